The van der Waals surface area contributed by atoms with Crippen LogP contribution in [-0.4, -0.2) is 23.1 Å². The maximum Gasteiger partial charge on any atom is 2.00 e. The normalized spacial score (nSPS) is 7.69. The fourth-order valence-electron chi connectivity index (χ4n) is 1.07. The smallest absolute Gasteiger partial charge is 1.00 e. The zero-order chi connectivity index (χ0) is 6.81. The third kappa shape index (κ3) is 3.98. The minimum absolute atomic E-state index is 0. The van der Waals surface area contributed by atoms with Crippen LogP contribution in [-0.2, 0) is 0 Å². The second-order valence-corrected chi connectivity index (χ2v) is 2.27. The Labute approximate surface area is 115 Å². The minimum Gasteiger partial charge on any atom is -1.00 e. The predicted octanol–water partition coefficient (Wildman–Crippen LogP) is -0.159. The molecule has 0 saturated carbocycles. The molecule has 0 spiro atoms. The molecule has 0 amide bonds. The Morgan fingerprint density at radius 2 is 1.54 bits per heavy atom. The molecule has 0 aliphatic heterocycles. The van der Waals surface area contributed by atoms with E-state index in [9.17, 15) is 0 Å². The van der Waals surface area contributed by atoms with E-state index < -0.39 is 0 Å². The predicted molar refractivity (Wildman–Crippen MR) is 58.9 cm³/mol. The fraction of sp³-hybridized carbons (Fsp3) is 0. The number of hydrogen-bond acceptors (Lipinski definition) is 0. The van der Waals surface area contributed by atoms with Crippen molar-refractivity contribution in [3.05, 3.63) is 48.5 Å². The molecule has 64 valence electrons. The molecule has 13 heavy (non-hydrogen) atoms. The van der Waals surface area contributed by atoms with Crippen molar-refractivity contribution in [2.75, 3.05) is 0 Å². The summed E-state index contributed by atoms with van der Waals surface area (Å²) in [5, 5.41) is 2.53. The first-order valence-corrected chi connectivity index (χ1v) is 3.32. The van der Waals surface area contributed by atoms with Gasteiger partial charge < -0.3 is 17.0 Å². The van der Waals surface area contributed by atoms with Gasteiger partial charge in [0.1, 0.15) is 0 Å². The van der Waals surface area contributed by atoms with E-state index in [4.69, 9.17) is 0 Å². The van der Waals surface area contributed by atoms with Crippen LogP contribution in [0, 0.1) is 6.07 Å². The third-order valence-corrected chi connectivity index (χ3v) is 1.59. The van der Waals surface area contributed by atoms with Crippen molar-refractivity contribution in [2.24, 2.45) is 0 Å². The molecule has 2 aromatic carbocycles. The molecule has 3 heteroatoms. The second-order valence-electron chi connectivity index (χ2n) is 2.27. The van der Waals surface area contributed by atoms with Gasteiger partial charge in [-0.15, -0.1) is 33.8 Å². The number of hydrogen-bond donors (Lipinski definition) is 0. The van der Waals surface area contributed by atoms with Crippen molar-refractivity contribution < 1.29 is 17.0 Å². The van der Waals surface area contributed by atoms with Crippen LogP contribution in [0.3, 0.4) is 0 Å². The number of rotatable bonds is 0. The number of benzene rings is 2. The Morgan fingerprint density at radius 1 is 0.923 bits per heavy atom. The maximum atomic E-state index is 3.04. The van der Waals surface area contributed by atoms with Crippen molar-refractivity contribution in [3.8, 4) is 0 Å². The number of fused-ring (bicyclic) bond motifs is 1. The van der Waals surface area contributed by atoms with E-state index in [1.165, 1.54) is 10.8 Å². The molecule has 0 heterocycles. The van der Waals surface area contributed by atoms with Crippen molar-refractivity contribution >= 4 is 50.8 Å². The maximum absolute atomic E-state index is 3.04. The molecule has 0 bridgehead atoms. The van der Waals surface area contributed by atoms with Gasteiger partial charge >= 0.3 is 23.1 Å². The first kappa shape index (κ1) is 15.9. The molecule has 0 saturated heterocycles. The van der Waals surface area contributed by atoms with Crippen molar-refractivity contribution in [1.29, 1.82) is 0 Å². The van der Waals surface area contributed by atoms with Gasteiger partial charge in [-0.2, -0.15) is 24.3 Å². The Bertz CT molecular complexity index is 284. The zero-order valence-electron chi connectivity index (χ0n) is 7.03. The van der Waals surface area contributed by atoms with Crippen LogP contribution in [0.5, 0.6) is 0 Å². The summed E-state index contributed by atoms with van der Waals surface area (Å²) in [5.41, 5.74) is 0. The standard InChI is InChI=1S/C10H7.2BrH.Mg/c1-2-6-10-8-4-3-7-9(10)5-1;;;/h1-3,5-8H;2*1H;/q-1;;;+2/p-1. The Kier molecular flexibility index (Phi) is 9.52. The van der Waals surface area contributed by atoms with Crippen LogP contribution in [0.2, 0.25) is 0 Å². The van der Waals surface area contributed by atoms with Gasteiger partial charge in [0.25, 0.3) is 0 Å². The van der Waals surface area contributed by atoms with E-state index in [0.717, 1.165) is 0 Å². The van der Waals surface area contributed by atoms with Gasteiger partial charge in [0, 0.05) is 0 Å². The molecule has 0 unspecified atom stereocenters. The van der Waals surface area contributed by atoms with E-state index >= 15 is 0 Å². The average molecular weight is 312 g/mol. The summed E-state index contributed by atoms with van der Waals surface area (Å²) < 4.78 is 0. The SMILES string of the molecule is Br.[Br-].[Mg+2].[c-]1ccc2ccccc2c1. The molecule has 2 rings (SSSR count). The van der Waals surface area contributed by atoms with Crippen LogP contribution < -0.4 is 17.0 Å². The summed E-state index contributed by atoms with van der Waals surface area (Å²) in [6, 6.07) is 17.3. The quantitative estimate of drug-likeness (QED) is 0.469. The fourth-order valence-corrected chi connectivity index (χ4v) is 1.07. The molecular formula is C10H8Br2Mg. The summed E-state index contributed by atoms with van der Waals surface area (Å²) in [6.45, 7) is 0. The Hall–Kier alpha value is 0.426. The first-order valence-electron chi connectivity index (χ1n) is 3.32. The minimum atomic E-state index is 0. The van der Waals surface area contributed by atoms with Crippen molar-refractivity contribution in [1.82, 2.24) is 0 Å². The van der Waals surface area contributed by atoms with E-state index in [1.807, 2.05) is 24.3 Å². The van der Waals surface area contributed by atoms with E-state index in [2.05, 4.69) is 24.3 Å². The molecule has 2 aromatic rings. The molecule has 0 radical (unpaired) electrons. The molecule has 0 atom stereocenters. The van der Waals surface area contributed by atoms with Crippen LogP contribution in [0.15, 0.2) is 42.5 Å². The van der Waals surface area contributed by atoms with Crippen LogP contribution >= 0.6 is 17.0 Å². The summed E-state index contributed by atoms with van der Waals surface area (Å²) in [5.74, 6) is 0. The summed E-state index contributed by atoms with van der Waals surface area (Å²) in [7, 11) is 0. The number of halogens is 2. The van der Waals surface area contributed by atoms with Gasteiger partial charge in [0.05, 0.1) is 0 Å². The zero-order valence-corrected chi connectivity index (χ0v) is 11.7. The van der Waals surface area contributed by atoms with E-state index in [1.54, 1.807) is 0 Å². The topological polar surface area (TPSA) is 0 Å². The Morgan fingerprint density at radius 3 is 2.15 bits per heavy atom. The largest absolute Gasteiger partial charge is 2.00 e. The van der Waals surface area contributed by atoms with Crippen LogP contribution in [0.25, 0.3) is 10.8 Å². The van der Waals surface area contributed by atoms with Crippen LogP contribution in [0.4, 0.5) is 0 Å². The first-order chi connectivity index (χ1) is 4.97. The van der Waals surface area contributed by atoms with Gasteiger partial charge in [-0.05, 0) is 0 Å². The Balaban J connectivity index is 0. The average Bonchev–Trinajstić information content (AvgIpc) is 2.05. The molecule has 0 N–H and O–H groups in total. The molecule has 0 aliphatic carbocycles. The van der Waals surface area contributed by atoms with Crippen molar-refractivity contribution in [3.63, 3.8) is 0 Å². The summed E-state index contributed by atoms with van der Waals surface area (Å²) in [4.78, 5) is 0. The third-order valence-electron chi connectivity index (χ3n) is 1.59. The van der Waals surface area contributed by atoms with Crippen molar-refractivity contribution in [2.45, 2.75) is 0 Å². The molecule has 0 nitrogen and oxygen atoms in total. The van der Waals surface area contributed by atoms with Gasteiger partial charge in [-0.3, -0.25) is 0 Å². The molecule has 0 fully saturated rings. The van der Waals surface area contributed by atoms with E-state index in [-0.39, 0.29) is 57.0 Å². The van der Waals surface area contributed by atoms with Gasteiger partial charge in [-0.25, -0.2) is 0 Å². The van der Waals surface area contributed by atoms with Gasteiger partial charge in [0.2, 0.25) is 0 Å². The molecule has 0 aromatic heterocycles. The molecular weight excluding hydrogens is 304 g/mol. The monoisotopic (exact) mass is 310 g/mol. The van der Waals surface area contributed by atoms with Gasteiger partial charge in [0.15, 0.2) is 0 Å². The van der Waals surface area contributed by atoms with Gasteiger partial charge in [-0.1, -0.05) is 18.2 Å². The van der Waals surface area contributed by atoms with E-state index in [0.29, 0.717) is 0 Å². The second kappa shape index (κ2) is 7.80. The summed E-state index contributed by atoms with van der Waals surface area (Å²) >= 11 is 0. The molecule has 0 aliphatic rings. The van der Waals surface area contributed by atoms with Crippen LogP contribution in [0.1, 0.15) is 0 Å². The summed E-state index contributed by atoms with van der Waals surface area (Å²) in [6.07, 6.45) is 0.